The minimum Gasteiger partial charge on any atom is -0.355 e. The van der Waals surface area contributed by atoms with Crippen molar-refractivity contribution in [2.45, 2.75) is 31.8 Å². The lowest BCUT2D eigenvalue weighted by Crippen LogP contribution is -2.45. The Hall–Kier alpha value is -1.09. The van der Waals surface area contributed by atoms with Crippen molar-refractivity contribution in [2.24, 2.45) is 5.92 Å². The number of benzene rings is 1. The van der Waals surface area contributed by atoms with E-state index >= 15 is 0 Å². The SMILES string of the molecule is OC(NNCc1ccccc1F)O[C@H]1CO[C@H]2OCC[C@H]21. The monoisotopic (exact) mass is 298 g/mol. The zero-order valence-corrected chi connectivity index (χ0v) is 11.5. The summed E-state index contributed by atoms with van der Waals surface area (Å²) in [6.45, 7) is 1.30. The van der Waals surface area contributed by atoms with Gasteiger partial charge in [0.25, 0.3) is 0 Å². The number of aliphatic hydroxyl groups is 1. The Labute approximate surface area is 122 Å². The van der Waals surface area contributed by atoms with Crippen molar-refractivity contribution in [3.63, 3.8) is 0 Å². The second-order valence-corrected chi connectivity index (χ2v) is 5.14. The van der Waals surface area contributed by atoms with E-state index in [4.69, 9.17) is 14.2 Å². The van der Waals surface area contributed by atoms with Crippen molar-refractivity contribution >= 4 is 0 Å². The van der Waals surface area contributed by atoms with Crippen LogP contribution >= 0.6 is 0 Å². The Morgan fingerprint density at radius 2 is 2.24 bits per heavy atom. The van der Waals surface area contributed by atoms with Crippen LogP contribution < -0.4 is 10.9 Å². The van der Waals surface area contributed by atoms with Gasteiger partial charge in [0.15, 0.2) is 6.29 Å². The number of hydrogen-bond acceptors (Lipinski definition) is 6. The Morgan fingerprint density at radius 3 is 3.10 bits per heavy atom. The van der Waals surface area contributed by atoms with Gasteiger partial charge in [0, 0.05) is 18.0 Å². The molecule has 6 nitrogen and oxygen atoms in total. The first kappa shape index (κ1) is 14.8. The van der Waals surface area contributed by atoms with E-state index in [2.05, 4.69) is 10.9 Å². The highest BCUT2D eigenvalue weighted by atomic mass is 19.1. The molecule has 3 rings (SSSR count). The van der Waals surface area contributed by atoms with E-state index in [9.17, 15) is 9.50 Å². The lowest BCUT2D eigenvalue weighted by atomic mass is 10.0. The van der Waals surface area contributed by atoms with Gasteiger partial charge < -0.3 is 19.3 Å². The number of hydrazine groups is 1. The minimum atomic E-state index is -1.19. The summed E-state index contributed by atoms with van der Waals surface area (Å²) in [6, 6.07) is 6.44. The third kappa shape index (κ3) is 3.57. The Kier molecular flexibility index (Phi) is 4.79. The van der Waals surface area contributed by atoms with Gasteiger partial charge in [-0.1, -0.05) is 18.2 Å². The lowest BCUT2D eigenvalue weighted by molar-refractivity contribution is -0.168. The summed E-state index contributed by atoms with van der Waals surface area (Å²) in [4.78, 5) is 0. The van der Waals surface area contributed by atoms with Gasteiger partial charge in [0.2, 0.25) is 6.41 Å². The van der Waals surface area contributed by atoms with Crippen molar-refractivity contribution in [1.82, 2.24) is 10.9 Å². The molecule has 1 unspecified atom stereocenters. The number of ether oxygens (including phenoxy) is 3. The van der Waals surface area contributed by atoms with Gasteiger partial charge >= 0.3 is 0 Å². The van der Waals surface area contributed by atoms with Gasteiger partial charge in [-0.2, -0.15) is 0 Å². The molecule has 0 aliphatic carbocycles. The predicted octanol–water partition coefficient (Wildman–Crippen LogP) is 0.474. The fraction of sp³-hybridized carbons (Fsp3) is 0.571. The molecule has 116 valence electrons. The zero-order valence-electron chi connectivity index (χ0n) is 11.5. The number of hydrogen-bond donors (Lipinski definition) is 3. The van der Waals surface area contributed by atoms with Crippen molar-refractivity contribution in [2.75, 3.05) is 13.2 Å². The second-order valence-electron chi connectivity index (χ2n) is 5.14. The fourth-order valence-corrected chi connectivity index (χ4v) is 2.64. The molecule has 4 atom stereocenters. The molecular formula is C14H19FN2O4. The smallest absolute Gasteiger partial charge is 0.226 e. The molecule has 2 fully saturated rings. The number of nitrogens with one attached hydrogen (secondary N) is 2. The maximum atomic E-state index is 13.4. The number of rotatable bonds is 6. The van der Waals surface area contributed by atoms with Crippen LogP contribution in [0.2, 0.25) is 0 Å². The summed E-state index contributed by atoms with van der Waals surface area (Å²) in [5.74, 6) is -0.134. The van der Waals surface area contributed by atoms with Crippen LogP contribution in [0, 0.1) is 11.7 Å². The van der Waals surface area contributed by atoms with Gasteiger partial charge in [-0.15, -0.1) is 0 Å². The quantitative estimate of drug-likeness (QED) is 0.524. The van der Waals surface area contributed by atoms with Crippen LogP contribution in [-0.4, -0.2) is 37.1 Å². The van der Waals surface area contributed by atoms with Crippen molar-refractivity contribution in [1.29, 1.82) is 0 Å². The number of fused-ring (bicyclic) bond motifs is 1. The second kappa shape index (κ2) is 6.78. The third-order valence-corrected chi connectivity index (χ3v) is 3.75. The normalized spacial score (nSPS) is 29.5. The van der Waals surface area contributed by atoms with Crippen LogP contribution in [0.25, 0.3) is 0 Å². The summed E-state index contributed by atoms with van der Waals surface area (Å²) in [5.41, 5.74) is 5.83. The van der Waals surface area contributed by atoms with Gasteiger partial charge in [0.1, 0.15) is 5.82 Å². The molecule has 1 aromatic carbocycles. The Balaban J connectivity index is 1.40. The van der Waals surface area contributed by atoms with Crippen molar-refractivity contribution in [3.05, 3.63) is 35.6 Å². The molecule has 0 spiro atoms. The van der Waals surface area contributed by atoms with E-state index in [-0.39, 0.29) is 30.7 Å². The van der Waals surface area contributed by atoms with Gasteiger partial charge in [-0.05, 0) is 12.5 Å². The predicted molar refractivity (Wildman–Crippen MR) is 71.1 cm³/mol. The number of aliphatic hydroxyl groups excluding tert-OH is 1. The molecule has 3 N–H and O–H groups in total. The maximum absolute atomic E-state index is 13.4. The van der Waals surface area contributed by atoms with Crippen LogP contribution in [0.3, 0.4) is 0 Å². The molecule has 2 aliphatic heterocycles. The van der Waals surface area contributed by atoms with E-state index in [1.165, 1.54) is 6.07 Å². The van der Waals surface area contributed by atoms with E-state index < -0.39 is 6.41 Å². The number of halogens is 1. The molecule has 0 amide bonds. The maximum Gasteiger partial charge on any atom is 0.226 e. The van der Waals surface area contributed by atoms with Crippen molar-refractivity contribution in [3.8, 4) is 0 Å². The summed E-state index contributed by atoms with van der Waals surface area (Å²) in [5, 5.41) is 9.79. The molecule has 0 aromatic heterocycles. The minimum absolute atomic E-state index is 0.160. The fourth-order valence-electron chi connectivity index (χ4n) is 2.64. The van der Waals surface area contributed by atoms with E-state index in [1.807, 2.05) is 0 Å². The summed E-state index contributed by atoms with van der Waals surface area (Å²) < 4.78 is 29.7. The van der Waals surface area contributed by atoms with E-state index in [1.54, 1.807) is 18.2 Å². The summed E-state index contributed by atoms with van der Waals surface area (Å²) in [7, 11) is 0. The molecule has 0 saturated carbocycles. The van der Waals surface area contributed by atoms with Gasteiger partial charge in [-0.25, -0.2) is 15.2 Å². The van der Waals surface area contributed by atoms with E-state index in [0.717, 1.165) is 6.42 Å². The lowest BCUT2D eigenvalue weighted by Gasteiger charge is -2.21. The topological polar surface area (TPSA) is 72.0 Å². The standard InChI is InChI=1S/C14H19FN2O4/c15-11-4-2-1-3-9(11)7-16-17-14(18)21-12-8-20-13-10(12)5-6-19-13/h1-4,10,12-14,16-18H,5-8H2/t10-,12-,13+,14?/m0/s1. The molecule has 2 saturated heterocycles. The van der Waals surface area contributed by atoms with Gasteiger partial charge in [0.05, 0.1) is 19.3 Å². The van der Waals surface area contributed by atoms with E-state index in [0.29, 0.717) is 18.8 Å². The molecule has 0 radical (unpaired) electrons. The van der Waals surface area contributed by atoms with Crippen LogP contribution in [0.15, 0.2) is 24.3 Å². The highest BCUT2D eigenvalue weighted by molar-refractivity contribution is 5.16. The first-order chi connectivity index (χ1) is 10.2. The zero-order chi connectivity index (χ0) is 14.7. The molecule has 0 bridgehead atoms. The first-order valence-electron chi connectivity index (χ1n) is 7.02. The Bertz CT molecular complexity index is 476. The highest BCUT2D eigenvalue weighted by Gasteiger charge is 2.43. The molecule has 21 heavy (non-hydrogen) atoms. The van der Waals surface area contributed by atoms with Crippen LogP contribution in [0.5, 0.6) is 0 Å². The molecule has 7 heteroatoms. The van der Waals surface area contributed by atoms with Gasteiger partial charge in [-0.3, -0.25) is 0 Å². The Morgan fingerprint density at radius 1 is 1.38 bits per heavy atom. The van der Waals surface area contributed by atoms with Crippen LogP contribution in [0.1, 0.15) is 12.0 Å². The largest absolute Gasteiger partial charge is 0.355 e. The van der Waals surface area contributed by atoms with Crippen molar-refractivity contribution < 1.29 is 23.7 Å². The van der Waals surface area contributed by atoms with Crippen LogP contribution in [-0.2, 0) is 20.8 Å². The molecule has 1 aromatic rings. The molecule has 2 heterocycles. The average Bonchev–Trinajstić information content (AvgIpc) is 3.06. The van der Waals surface area contributed by atoms with Crippen LogP contribution in [0.4, 0.5) is 4.39 Å². The summed E-state index contributed by atoms with van der Waals surface area (Å²) in [6.07, 6.45) is -0.737. The third-order valence-electron chi connectivity index (χ3n) is 3.75. The molecule has 2 aliphatic rings. The summed E-state index contributed by atoms with van der Waals surface area (Å²) >= 11 is 0. The first-order valence-corrected chi connectivity index (χ1v) is 7.02. The average molecular weight is 298 g/mol. The highest BCUT2D eigenvalue weighted by Crippen LogP contribution is 2.33. The molecular weight excluding hydrogens is 279 g/mol.